The molecule has 0 spiro atoms. The SMILES string of the molecule is CC(C)(C)OC(=O)N1CCC(CN2C(=O)c3cccc4c([N+](=O)[O-])ccc(c34)C2=O)CC1. The summed E-state index contributed by atoms with van der Waals surface area (Å²) in [5.74, 6) is -0.827. The van der Waals surface area contributed by atoms with Crippen molar-refractivity contribution < 1.29 is 24.0 Å². The molecule has 0 bridgehead atoms. The van der Waals surface area contributed by atoms with Crippen LogP contribution in [0.1, 0.15) is 54.3 Å². The van der Waals surface area contributed by atoms with E-state index < -0.39 is 22.3 Å². The molecule has 1 fully saturated rings. The number of carbonyl (C=O) groups excluding carboxylic acids is 3. The molecule has 0 N–H and O–H groups in total. The second-order valence-electron chi connectivity index (χ2n) is 9.25. The zero-order chi connectivity index (χ0) is 23.2. The fraction of sp³-hybridized carbons (Fsp3) is 0.435. The van der Waals surface area contributed by atoms with Crippen molar-refractivity contribution in [1.82, 2.24) is 9.80 Å². The third-order valence-corrected chi connectivity index (χ3v) is 5.87. The van der Waals surface area contributed by atoms with Crippen LogP contribution in [-0.4, -0.2) is 57.9 Å². The number of rotatable bonds is 3. The number of hydrogen-bond acceptors (Lipinski definition) is 6. The number of piperidine rings is 1. The molecule has 1 saturated heterocycles. The van der Waals surface area contributed by atoms with Crippen molar-refractivity contribution in [3.05, 3.63) is 51.6 Å². The van der Waals surface area contributed by atoms with E-state index in [1.54, 1.807) is 23.1 Å². The first-order valence-corrected chi connectivity index (χ1v) is 10.6. The number of ether oxygens (including phenoxy) is 1. The van der Waals surface area contributed by atoms with E-state index in [4.69, 9.17) is 4.74 Å². The summed E-state index contributed by atoms with van der Waals surface area (Å²) < 4.78 is 5.41. The summed E-state index contributed by atoms with van der Waals surface area (Å²) in [6, 6.07) is 7.49. The van der Waals surface area contributed by atoms with Gasteiger partial charge in [0.15, 0.2) is 0 Å². The van der Waals surface area contributed by atoms with E-state index in [0.717, 1.165) is 0 Å². The van der Waals surface area contributed by atoms with Crippen molar-refractivity contribution in [2.45, 2.75) is 39.2 Å². The van der Waals surface area contributed by atoms with Gasteiger partial charge in [0.2, 0.25) is 0 Å². The van der Waals surface area contributed by atoms with Gasteiger partial charge in [0.05, 0.1) is 10.3 Å². The number of nitro benzene ring substituents is 1. The van der Waals surface area contributed by atoms with E-state index in [0.29, 0.717) is 42.4 Å². The third-order valence-electron chi connectivity index (χ3n) is 5.87. The summed E-state index contributed by atoms with van der Waals surface area (Å²) in [5, 5.41) is 12.0. The van der Waals surface area contributed by atoms with Crippen molar-refractivity contribution in [3.8, 4) is 0 Å². The van der Waals surface area contributed by atoms with Crippen LogP contribution >= 0.6 is 0 Å². The Bertz CT molecular complexity index is 1110. The summed E-state index contributed by atoms with van der Waals surface area (Å²) >= 11 is 0. The van der Waals surface area contributed by atoms with Crippen LogP contribution in [0.4, 0.5) is 10.5 Å². The molecule has 3 amide bonds. The van der Waals surface area contributed by atoms with Crippen LogP contribution in [0.3, 0.4) is 0 Å². The fourth-order valence-electron chi connectivity index (χ4n) is 4.34. The average molecular weight is 439 g/mol. The molecule has 2 aliphatic rings. The standard InChI is InChI=1S/C23H25N3O6/c1-23(2,3)32-22(29)24-11-9-14(10-12-24)13-25-20(27)16-6-4-5-15-18(26(30)31)8-7-17(19(15)16)21(25)28/h4-8,14H,9-13H2,1-3H3. The second kappa shape index (κ2) is 7.89. The number of hydrogen-bond donors (Lipinski definition) is 0. The molecule has 0 aliphatic carbocycles. The minimum absolute atomic E-state index is 0.0559. The maximum absolute atomic E-state index is 13.1. The Balaban J connectivity index is 1.51. The van der Waals surface area contributed by atoms with Crippen molar-refractivity contribution in [2.24, 2.45) is 5.92 Å². The van der Waals surface area contributed by atoms with Crippen molar-refractivity contribution in [2.75, 3.05) is 19.6 Å². The molecular weight excluding hydrogens is 414 g/mol. The van der Waals surface area contributed by atoms with Gasteiger partial charge in [0.1, 0.15) is 5.60 Å². The van der Waals surface area contributed by atoms with Gasteiger partial charge in [-0.25, -0.2) is 4.79 Å². The van der Waals surface area contributed by atoms with E-state index in [-0.39, 0.29) is 29.6 Å². The normalized spacial score (nSPS) is 17.1. The highest BCUT2D eigenvalue weighted by molar-refractivity contribution is 6.26. The molecule has 2 aromatic rings. The monoisotopic (exact) mass is 439 g/mol. The van der Waals surface area contributed by atoms with E-state index in [2.05, 4.69) is 0 Å². The summed E-state index contributed by atoms with van der Waals surface area (Å²) in [5.41, 5.74) is -0.0995. The Morgan fingerprint density at radius 2 is 1.72 bits per heavy atom. The lowest BCUT2D eigenvalue weighted by atomic mass is 9.91. The number of amides is 3. The van der Waals surface area contributed by atoms with Crippen molar-refractivity contribution in [1.29, 1.82) is 0 Å². The summed E-state index contributed by atoms with van der Waals surface area (Å²) in [6.07, 6.45) is 0.935. The van der Waals surface area contributed by atoms with Gasteiger partial charge in [0, 0.05) is 42.2 Å². The number of likely N-dealkylation sites (tertiary alicyclic amines) is 1. The number of nitrogens with zero attached hydrogens (tertiary/aromatic N) is 3. The molecular formula is C23H25N3O6. The van der Waals surface area contributed by atoms with Gasteiger partial charge in [-0.3, -0.25) is 24.6 Å². The van der Waals surface area contributed by atoms with Crippen LogP contribution in [0.5, 0.6) is 0 Å². The van der Waals surface area contributed by atoms with Crippen molar-refractivity contribution >= 4 is 34.4 Å². The van der Waals surface area contributed by atoms with Gasteiger partial charge in [-0.2, -0.15) is 0 Å². The Kier molecular flexibility index (Phi) is 5.36. The van der Waals surface area contributed by atoms with Crippen LogP contribution in [-0.2, 0) is 4.74 Å². The molecule has 2 aliphatic heterocycles. The predicted octanol–water partition coefficient (Wildman–Crippen LogP) is 3.99. The first-order chi connectivity index (χ1) is 15.1. The van der Waals surface area contributed by atoms with Gasteiger partial charge in [0.25, 0.3) is 17.5 Å². The maximum Gasteiger partial charge on any atom is 0.410 e. The molecule has 0 saturated carbocycles. The van der Waals surface area contributed by atoms with E-state index in [1.165, 1.54) is 17.0 Å². The topological polar surface area (TPSA) is 110 Å². The molecule has 9 heteroatoms. The maximum atomic E-state index is 13.1. The van der Waals surface area contributed by atoms with Crippen LogP contribution in [0.15, 0.2) is 30.3 Å². The van der Waals surface area contributed by atoms with E-state index in [9.17, 15) is 24.5 Å². The number of benzene rings is 2. The highest BCUT2D eigenvalue weighted by Crippen LogP contribution is 2.36. The van der Waals surface area contributed by atoms with E-state index >= 15 is 0 Å². The van der Waals surface area contributed by atoms with Crippen LogP contribution in [0, 0.1) is 16.0 Å². The summed E-state index contributed by atoms with van der Waals surface area (Å²) in [7, 11) is 0. The molecule has 32 heavy (non-hydrogen) atoms. The number of carbonyl (C=O) groups is 3. The van der Waals surface area contributed by atoms with Gasteiger partial charge in [-0.15, -0.1) is 0 Å². The molecule has 4 rings (SSSR count). The lowest BCUT2D eigenvalue weighted by Crippen LogP contribution is -2.47. The molecule has 2 aromatic carbocycles. The van der Waals surface area contributed by atoms with Gasteiger partial charge >= 0.3 is 6.09 Å². The molecule has 2 heterocycles. The number of imide groups is 1. The molecule has 0 atom stereocenters. The smallest absolute Gasteiger partial charge is 0.410 e. The minimum Gasteiger partial charge on any atom is -0.444 e. The Morgan fingerprint density at radius 1 is 1.09 bits per heavy atom. The van der Waals surface area contributed by atoms with Crippen LogP contribution in [0.25, 0.3) is 10.8 Å². The van der Waals surface area contributed by atoms with Gasteiger partial charge in [-0.1, -0.05) is 6.07 Å². The predicted molar refractivity (Wildman–Crippen MR) is 117 cm³/mol. The summed E-state index contributed by atoms with van der Waals surface area (Å²) in [4.78, 5) is 52.3. The molecule has 0 aromatic heterocycles. The number of non-ortho nitro benzene ring substituents is 1. The Hall–Kier alpha value is -3.49. The fourth-order valence-corrected chi connectivity index (χ4v) is 4.34. The highest BCUT2D eigenvalue weighted by atomic mass is 16.6. The quantitative estimate of drug-likeness (QED) is 0.406. The highest BCUT2D eigenvalue weighted by Gasteiger charge is 2.37. The Labute approximate surface area is 185 Å². The molecule has 0 unspecified atom stereocenters. The van der Waals surface area contributed by atoms with Gasteiger partial charge < -0.3 is 9.64 Å². The molecule has 0 radical (unpaired) electrons. The molecule has 168 valence electrons. The third kappa shape index (κ3) is 3.90. The zero-order valence-corrected chi connectivity index (χ0v) is 18.3. The average Bonchev–Trinajstić information content (AvgIpc) is 2.73. The van der Waals surface area contributed by atoms with Crippen LogP contribution in [0.2, 0.25) is 0 Å². The van der Waals surface area contributed by atoms with Gasteiger partial charge in [-0.05, 0) is 57.7 Å². The minimum atomic E-state index is -0.565. The molecule has 9 nitrogen and oxygen atoms in total. The van der Waals surface area contributed by atoms with Crippen molar-refractivity contribution in [3.63, 3.8) is 0 Å². The number of nitro groups is 1. The van der Waals surface area contributed by atoms with Crippen LogP contribution < -0.4 is 0 Å². The largest absolute Gasteiger partial charge is 0.444 e. The lowest BCUT2D eigenvalue weighted by molar-refractivity contribution is -0.383. The lowest BCUT2D eigenvalue weighted by Gasteiger charge is -2.36. The van der Waals surface area contributed by atoms with E-state index in [1.807, 2.05) is 20.8 Å². The second-order valence-corrected chi connectivity index (χ2v) is 9.25. The zero-order valence-electron chi connectivity index (χ0n) is 18.3. The first-order valence-electron chi connectivity index (χ1n) is 10.6. The summed E-state index contributed by atoms with van der Waals surface area (Å²) in [6.45, 7) is 6.68. The Morgan fingerprint density at radius 3 is 2.31 bits per heavy atom. The first kappa shape index (κ1) is 21.7.